The monoisotopic (exact) mass is 1310 g/mol. The molecule has 0 aromatic heterocycles. The number of benzene rings is 4. The van der Waals surface area contributed by atoms with E-state index in [1.165, 1.54) is 36.9 Å². The number of phenolic OH excluding ortho intramolecular Hbond substituents is 1. The number of likely N-dealkylation sites (N-methyl/N-ethyl adjacent to an activating group) is 1. The lowest BCUT2D eigenvalue weighted by atomic mass is 9.44. The van der Waals surface area contributed by atoms with E-state index in [1.807, 2.05) is 19.0 Å². The van der Waals surface area contributed by atoms with E-state index in [1.54, 1.807) is 113 Å². The van der Waals surface area contributed by atoms with Crippen LogP contribution in [0.15, 0.2) is 131 Å². The number of aliphatic hydroxyl groups excluding tert-OH is 4. The van der Waals surface area contributed by atoms with Crippen molar-refractivity contribution in [1.82, 2.24) is 10.2 Å². The highest BCUT2D eigenvalue weighted by Gasteiger charge is 2.78. The van der Waals surface area contributed by atoms with Gasteiger partial charge in [0.2, 0.25) is 5.78 Å². The van der Waals surface area contributed by atoms with E-state index < -0.39 is 171 Å². The first kappa shape index (κ1) is 68.7. The molecule has 11 rings (SSSR count). The number of hydrogen-bond donors (Lipinski definition) is 9. The van der Waals surface area contributed by atoms with Gasteiger partial charge in [-0.3, -0.25) is 38.5 Å². The van der Waals surface area contributed by atoms with Crippen LogP contribution in [0.4, 0.5) is 5.69 Å². The minimum Gasteiger partial charge on any atom is -0.508 e. The topological polar surface area (TPSA) is 386 Å². The Kier molecular flexibility index (Phi) is 18.3. The van der Waals surface area contributed by atoms with E-state index in [9.17, 15) is 74.1 Å². The van der Waals surface area contributed by atoms with Gasteiger partial charge in [-0.1, -0.05) is 80.6 Å². The van der Waals surface area contributed by atoms with Crippen LogP contribution >= 0.6 is 0 Å². The number of phenols is 1. The van der Waals surface area contributed by atoms with Gasteiger partial charge in [-0.15, -0.1) is 0 Å². The Labute approximate surface area is 546 Å². The Bertz CT molecular complexity index is 3920. The number of amides is 2. The number of esters is 4. The van der Waals surface area contributed by atoms with Crippen LogP contribution in [0.2, 0.25) is 0 Å². The van der Waals surface area contributed by atoms with Crippen LogP contribution in [0, 0.1) is 28.6 Å². The maximum absolute atomic E-state index is 15.5. The molecule has 15 atom stereocenters. The summed E-state index contributed by atoms with van der Waals surface area (Å²) >= 11 is 0. The molecule has 3 saturated carbocycles. The minimum absolute atomic E-state index is 0.00289. The third kappa shape index (κ3) is 11.1. The molecule has 10 N–H and O–H groups in total. The number of carbonyl (C=O) groups is 9. The molecule has 4 fully saturated rings. The molecule has 1 heterocycles. The van der Waals surface area contributed by atoms with Crippen LogP contribution in [-0.2, 0) is 63.7 Å². The average Bonchev–Trinajstić information content (AvgIpc) is 0.671. The molecule has 0 spiro atoms. The summed E-state index contributed by atoms with van der Waals surface area (Å²) in [6.07, 6.45) is -10.2. The Balaban J connectivity index is 0.000000250. The number of Topliss-reactive ketones (excluding diaryl/α,β-unsaturated/α-hetero) is 3. The summed E-state index contributed by atoms with van der Waals surface area (Å²) in [5.74, 6) is -13.4. The number of ether oxygens (including phenoxy) is 5. The lowest BCUT2D eigenvalue weighted by Gasteiger charge is -2.67. The number of ketones is 3. The number of nitrogens with two attached hydrogens (primary N) is 1. The summed E-state index contributed by atoms with van der Waals surface area (Å²) in [6.45, 7) is 7.97. The number of hydrogen-bond acceptors (Lipinski definition) is 23. The van der Waals surface area contributed by atoms with Gasteiger partial charge in [-0.2, -0.15) is 0 Å². The van der Waals surface area contributed by atoms with Gasteiger partial charge in [0.15, 0.2) is 35.0 Å². The number of fused-ring (bicyclic) bond motifs is 8. The van der Waals surface area contributed by atoms with Gasteiger partial charge in [-0.05, 0) is 105 Å². The zero-order valence-corrected chi connectivity index (χ0v) is 54.0. The Morgan fingerprint density at radius 2 is 1.38 bits per heavy atom. The van der Waals surface area contributed by atoms with Gasteiger partial charge < -0.3 is 75.4 Å². The van der Waals surface area contributed by atoms with Gasteiger partial charge in [0.1, 0.15) is 46.8 Å². The van der Waals surface area contributed by atoms with Crippen molar-refractivity contribution in [2.24, 2.45) is 34.3 Å². The van der Waals surface area contributed by atoms with E-state index in [0.717, 1.165) is 19.5 Å². The second-order valence-electron chi connectivity index (χ2n) is 26.7. The predicted octanol–water partition coefficient (Wildman–Crippen LogP) is 3.77. The van der Waals surface area contributed by atoms with Crippen molar-refractivity contribution in [2.75, 3.05) is 39.7 Å². The van der Waals surface area contributed by atoms with Crippen LogP contribution in [0.1, 0.15) is 104 Å². The van der Waals surface area contributed by atoms with Gasteiger partial charge >= 0.3 is 23.9 Å². The number of carbonyl (C=O) groups excluding carboxylic acids is 9. The summed E-state index contributed by atoms with van der Waals surface area (Å²) in [4.78, 5) is 125. The third-order valence-corrected chi connectivity index (χ3v) is 20.5. The van der Waals surface area contributed by atoms with Crippen LogP contribution in [0.25, 0.3) is 5.76 Å². The van der Waals surface area contributed by atoms with Crippen LogP contribution in [0.3, 0.4) is 0 Å². The van der Waals surface area contributed by atoms with Crippen molar-refractivity contribution in [2.45, 2.75) is 133 Å². The van der Waals surface area contributed by atoms with Crippen molar-refractivity contribution >= 4 is 64.5 Å². The fourth-order valence-electron chi connectivity index (χ4n) is 15.8. The van der Waals surface area contributed by atoms with E-state index in [-0.39, 0.29) is 65.0 Å². The Hall–Kier alpha value is -9.11. The number of primary amides is 1. The molecule has 504 valence electrons. The number of aromatic hydroxyl groups is 1. The third-order valence-electron chi connectivity index (χ3n) is 20.5. The van der Waals surface area contributed by atoms with Gasteiger partial charge in [-0.25, -0.2) is 9.59 Å². The van der Waals surface area contributed by atoms with Crippen molar-refractivity contribution in [3.63, 3.8) is 0 Å². The molecule has 6 aliphatic carbocycles. The maximum Gasteiger partial charge on any atom is 0.338 e. The van der Waals surface area contributed by atoms with Gasteiger partial charge in [0, 0.05) is 68.9 Å². The number of rotatable bonds is 13. The van der Waals surface area contributed by atoms with Crippen molar-refractivity contribution in [3.8, 4) is 5.75 Å². The number of aliphatic hydroxyl groups is 6. The van der Waals surface area contributed by atoms with Gasteiger partial charge in [0.05, 0.1) is 47.3 Å². The Morgan fingerprint density at radius 3 is 1.93 bits per heavy atom. The molecule has 7 aliphatic rings. The van der Waals surface area contributed by atoms with E-state index in [2.05, 4.69) is 5.32 Å². The highest BCUT2D eigenvalue weighted by Crippen LogP contribution is 2.65. The lowest BCUT2D eigenvalue weighted by Crippen LogP contribution is -2.82. The highest BCUT2D eigenvalue weighted by molar-refractivity contribution is 6.24. The SMILES string of the molecule is CC(=O)O[C@H]1C(=O)[C@@]2(C)[C@H]([C@H](OC(=O)c3ccccc3)[C@]3(O)C[C@H](OC(=O)[C@H](O)[C@@H](NC(=O)c4ccccc4)c4ccccc4)C(C)=C1C3(C)C)[C@]1(OC(C)=O)CO[C@@H]1C[C@@H]2O.CN(C)c1ccc(O)c2c1C[C@H]1C[C@H]3[C@H](N(C)C)C(=O)C(C(N)=O)=C(O)[C@@]3(O)C(=O)C1=C2O. The predicted molar refractivity (Wildman–Crippen MR) is 336 cm³/mol. The normalized spacial score (nSPS) is 30.9. The molecular formula is C70H78N4O21. The van der Waals surface area contributed by atoms with Crippen molar-refractivity contribution in [1.29, 1.82) is 0 Å². The highest BCUT2D eigenvalue weighted by atomic mass is 16.6. The molecule has 0 radical (unpaired) electrons. The number of nitrogens with one attached hydrogen (secondary N) is 1. The first-order valence-electron chi connectivity index (χ1n) is 31.0. The summed E-state index contributed by atoms with van der Waals surface area (Å²) in [7, 11) is 6.75. The quantitative estimate of drug-likeness (QED) is 0.0398. The smallest absolute Gasteiger partial charge is 0.338 e. The molecule has 1 saturated heterocycles. The zero-order valence-electron chi connectivity index (χ0n) is 54.0. The molecule has 2 bridgehead atoms. The van der Waals surface area contributed by atoms with E-state index >= 15 is 4.79 Å². The minimum atomic E-state index is -2.63. The van der Waals surface area contributed by atoms with E-state index in [0.29, 0.717) is 11.1 Å². The van der Waals surface area contributed by atoms with Crippen LogP contribution in [-0.4, -0.2) is 188 Å². The molecule has 0 unspecified atom stereocenters. The summed E-state index contributed by atoms with van der Waals surface area (Å²) < 4.78 is 30.3. The number of nitrogens with zero attached hydrogens (tertiary/aromatic N) is 2. The molecule has 25 heteroatoms. The van der Waals surface area contributed by atoms with Crippen LogP contribution in [0.5, 0.6) is 5.75 Å². The maximum atomic E-state index is 15.5. The molecule has 1 aliphatic heterocycles. The van der Waals surface area contributed by atoms with Crippen molar-refractivity contribution < 1.29 is 103 Å². The molecule has 4 aromatic rings. The average molecular weight is 1310 g/mol. The molecule has 4 aromatic carbocycles. The van der Waals surface area contributed by atoms with Crippen molar-refractivity contribution in [3.05, 3.63) is 159 Å². The second kappa shape index (κ2) is 25.2. The Morgan fingerprint density at radius 1 is 0.779 bits per heavy atom. The largest absolute Gasteiger partial charge is 0.508 e. The molecular weight excluding hydrogens is 1230 g/mol. The summed E-state index contributed by atoms with van der Waals surface area (Å²) in [5, 5.41) is 84.1. The fraction of sp³-hybridized carbons (Fsp3) is 0.443. The molecule has 95 heavy (non-hydrogen) atoms. The number of anilines is 1. The molecule has 2 amide bonds. The lowest BCUT2D eigenvalue weighted by molar-refractivity contribution is -0.346. The first-order chi connectivity index (χ1) is 44.6. The second-order valence-corrected chi connectivity index (χ2v) is 26.7. The molecule has 25 nitrogen and oxygen atoms in total. The standard InChI is InChI=1S/C47H51NO14.C23H27N3O7/c1-25-31(60-43(56)36(52)35(28-16-10-7-11-17-28)48-41(54)29-18-12-8-13-19-29)23-47(57)40(61-42(55)30-20-14-9-15-21-30)38-45(6,32(51)22-33-46(38,24-58-33)62-27(3)50)39(53)37(59-26(2)49)34(25)44(47,4)5;1-25(2)12-5-6-13(27)15-10(12)7-9-8-11-17(26(3)4)19(29)16(22(24)32)21(31)23(11,33)20(30)14(9)18(15)28/h7-21,31-33,35-38,40,51-52,57H,22-24H2,1-6H3,(H,48,54);5-6,9,11,17,27-28,31,33H,7-8H2,1-4H3,(H2,24,32)/t31-,32-,33+,35-,36+,37+,38-,40-,45+,46-,47+;9-,11-,17-,23-/m00/s1. The van der Waals surface area contributed by atoms with E-state index in [4.69, 9.17) is 29.4 Å². The zero-order chi connectivity index (χ0) is 69.5. The fourth-order valence-corrected chi connectivity index (χ4v) is 15.8. The van der Waals surface area contributed by atoms with Gasteiger partial charge in [0.25, 0.3) is 11.8 Å². The summed E-state index contributed by atoms with van der Waals surface area (Å²) in [6, 6.07) is 24.9. The summed E-state index contributed by atoms with van der Waals surface area (Å²) in [5.41, 5.74) is -3.87. The van der Waals surface area contributed by atoms with Crippen LogP contribution < -0.4 is 16.0 Å². The first-order valence-corrected chi connectivity index (χ1v) is 31.0.